The van der Waals surface area contributed by atoms with Crippen LogP contribution in [-0.4, -0.2) is 9.97 Å². The Balaban J connectivity index is 1.62. The minimum atomic E-state index is -0.895. The van der Waals surface area contributed by atoms with Crippen molar-refractivity contribution in [1.29, 1.82) is 0 Å². The van der Waals surface area contributed by atoms with Crippen LogP contribution in [0.4, 0.5) is 8.78 Å². The summed E-state index contributed by atoms with van der Waals surface area (Å²) < 4.78 is 36.6. The van der Waals surface area contributed by atoms with Crippen LogP contribution in [-0.2, 0) is 13.5 Å². The van der Waals surface area contributed by atoms with Crippen molar-refractivity contribution in [2.45, 2.75) is 46.0 Å². The van der Waals surface area contributed by atoms with Crippen molar-refractivity contribution in [2.75, 3.05) is 0 Å². The second kappa shape index (κ2) is 7.83. The lowest BCUT2D eigenvalue weighted by Gasteiger charge is -2.13. The van der Waals surface area contributed by atoms with E-state index in [-0.39, 0.29) is 11.1 Å². The van der Waals surface area contributed by atoms with Crippen LogP contribution in [0.3, 0.4) is 0 Å². The molecule has 0 amide bonds. The molecular formula is C28H26F2N3O+. The zero-order chi connectivity index (χ0) is 23.6. The number of rotatable bonds is 3. The van der Waals surface area contributed by atoms with Gasteiger partial charge in [-0.3, -0.25) is 0 Å². The van der Waals surface area contributed by atoms with Crippen LogP contribution in [0.25, 0.3) is 44.2 Å². The maximum absolute atomic E-state index is 14.8. The Kier molecular flexibility index (Phi) is 4.87. The van der Waals surface area contributed by atoms with Crippen LogP contribution < -0.4 is 4.57 Å². The molecule has 4 nitrogen and oxygen atoms in total. The van der Waals surface area contributed by atoms with Crippen molar-refractivity contribution in [3.63, 3.8) is 0 Å². The summed E-state index contributed by atoms with van der Waals surface area (Å²) in [5.74, 6) is -0.807. The van der Waals surface area contributed by atoms with E-state index in [0.29, 0.717) is 11.0 Å². The Morgan fingerprint density at radius 1 is 1.06 bits per heavy atom. The van der Waals surface area contributed by atoms with E-state index >= 15 is 0 Å². The molecule has 1 fully saturated rings. The van der Waals surface area contributed by atoms with Crippen molar-refractivity contribution < 1.29 is 17.8 Å². The van der Waals surface area contributed by atoms with Crippen molar-refractivity contribution in [3.8, 4) is 11.3 Å². The van der Waals surface area contributed by atoms with Crippen molar-refractivity contribution in [2.24, 2.45) is 13.0 Å². The number of aromatic nitrogens is 3. The number of hydrogen-bond acceptors (Lipinski definition) is 3. The Bertz CT molecular complexity index is 1600. The molecule has 0 bridgehead atoms. The van der Waals surface area contributed by atoms with E-state index in [1.807, 2.05) is 37.9 Å². The van der Waals surface area contributed by atoms with E-state index in [0.717, 1.165) is 51.7 Å². The molecule has 3 aromatic heterocycles. The number of furan rings is 1. The topological polar surface area (TPSA) is 42.8 Å². The van der Waals surface area contributed by atoms with Crippen molar-refractivity contribution >= 4 is 33.0 Å². The van der Waals surface area contributed by atoms with Gasteiger partial charge in [0.1, 0.15) is 17.1 Å². The molecule has 0 spiro atoms. The molecule has 6 rings (SSSR count). The van der Waals surface area contributed by atoms with Crippen LogP contribution in [0, 0.1) is 31.5 Å². The average Bonchev–Trinajstić information content (AvgIpc) is 3.43. The molecule has 172 valence electrons. The fourth-order valence-corrected chi connectivity index (χ4v) is 5.61. The van der Waals surface area contributed by atoms with E-state index in [4.69, 9.17) is 9.40 Å². The second-order valence-corrected chi connectivity index (χ2v) is 9.69. The molecule has 1 aliphatic carbocycles. The van der Waals surface area contributed by atoms with Gasteiger partial charge < -0.3 is 4.42 Å². The SMILES string of the molecule is Cc1cc2c(oc3nc(F)cc(F)c32)c(-c2c3ccc(CC4CCCC4)cc3nc[n+]2C)c1C. The third-order valence-electron chi connectivity index (χ3n) is 7.45. The van der Waals surface area contributed by atoms with E-state index in [2.05, 4.69) is 23.2 Å². The number of nitrogens with zero attached hydrogens (tertiary/aromatic N) is 3. The van der Waals surface area contributed by atoms with Crippen molar-refractivity contribution in [3.05, 3.63) is 65.1 Å². The van der Waals surface area contributed by atoms with Crippen LogP contribution in [0.15, 0.2) is 41.1 Å². The van der Waals surface area contributed by atoms with Crippen LogP contribution >= 0.6 is 0 Å². The average molecular weight is 459 g/mol. The summed E-state index contributed by atoms with van der Waals surface area (Å²) >= 11 is 0. The van der Waals surface area contributed by atoms with E-state index < -0.39 is 11.8 Å². The molecular weight excluding hydrogens is 432 g/mol. The summed E-state index contributed by atoms with van der Waals surface area (Å²) in [6, 6.07) is 9.22. The Morgan fingerprint density at radius 3 is 2.65 bits per heavy atom. The minimum absolute atomic E-state index is 0.0291. The van der Waals surface area contributed by atoms with Crippen molar-refractivity contribution in [1.82, 2.24) is 9.97 Å². The standard InChI is InChI=1S/C28H26F2N3O/c1-15-10-20-25-21(29)13-23(30)32-28(25)34-27(20)24(16(15)2)26-19-9-8-18(11-17-6-4-5-7-17)12-22(19)31-14-33(26)3/h8-10,12-14,17H,4-7,11H2,1-3H3/q+1. The third-order valence-corrected chi connectivity index (χ3v) is 7.45. The summed E-state index contributed by atoms with van der Waals surface area (Å²) in [4.78, 5) is 8.53. The van der Waals surface area contributed by atoms with Crippen LogP contribution in [0.2, 0.25) is 0 Å². The quantitative estimate of drug-likeness (QED) is 0.225. The van der Waals surface area contributed by atoms with Gasteiger partial charge in [-0.05, 0) is 66.1 Å². The first-order valence-corrected chi connectivity index (χ1v) is 11.9. The summed E-state index contributed by atoms with van der Waals surface area (Å²) in [7, 11) is 1.95. The number of fused-ring (bicyclic) bond motifs is 4. The molecule has 6 heteroatoms. The van der Waals surface area contributed by atoms with Gasteiger partial charge in [0, 0.05) is 11.5 Å². The lowest BCUT2D eigenvalue weighted by atomic mass is 9.93. The smallest absolute Gasteiger partial charge is 0.287 e. The molecule has 0 saturated heterocycles. The minimum Gasteiger partial charge on any atom is -0.437 e. The lowest BCUT2D eigenvalue weighted by Crippen LogP contribution is -2.32. The maximum Gasteiger partial charge on any atom is 0.287 e. The molecule has 34 heavy (non-hydrogen) atoms. The highest BCUT2D eigenvalue weighted by Crippen LogP contribution is 2.40. The van der Waals surface area contributed by atoms with Gasteiger partial charge in [-0.1, -0.05) is 31.7 Å². The number of hydrogen-bond donors (Lipinski definition) is 0. The van der Waals surface area contributed by atoms with Gasteiger partial charge in [0.25, 0.3) is 6.33 Å². The molecule has 0 radical (unpaired) electrons. The van der Waals surface area contributed by atoms with Gasteiger partial charge in [0.15, 0.2) is 5.52 Å². The van der Waals surface area contributed by atoms with Gasteiger partial charge in [-0.2, -0.15) is 9.37 Å². The molecule has 0 aliphatic heterocycles. The number of aryl methyl sites for hydroxylation is 2. The summed E-state index contributed by atoms with van der Waals surface area (Å²) in [5.41, 5.74) is 6.51. The molecule has 3 heterocycles. The Labute approximate surface area is 196 Å². The lowest BCUT2D eigenvalue weighted by molar-refractivity contribution is -0.662. The highest BCUT2D eigenvalue weighted by atomic mass is 19.1. The molecule has 0 atom stereocenters. The van der Waals surface area contributed by atoms with E-state index in [1.54, 1.807) is 0 Å². The molecule has 0 N–H and O–H groups in total. The Hall–Kier alpha value is -3.41. The highest BCUT2D eigenvalue weighted by Gasteiger charge is 2.26. The number of halogens is 2. The second-order valence-electron chi connectivity index (χ2n) is 9.69. The van der Waals surface area contributed by atoms with E-state index in [9.17, 15) is 8.78 Å². The van der Waals surface area contributed by atoms with E-state index in [1.165, 1.54) is 31.2 Å². The first-order chi connectivity index (χ1) is 16.4. The number of pyridine rings is 1. The van der Waals surface area contributed by atoms with Gasteiger partial charge in [-0.25, -0.2) is 8.96 Å². The third kappa shape index (κ3) is 3.27. The van der Waals surface area contributed by atoms with Gasteiger partial charge >= 0.3 is 0 Å². The largest absolute Gasteiger partial charge is 0.437 e. The number of benzene rings is 2. The molecule has 2 aromatic carbocycles. The van der Waals surface area contributed by atoms with Gasteiger partial charge in [-0.15, -0.1) is 0 Å². The predicted octanol–water partition coefficient (Wildman–Crippen LogP) is 6.65. The van der Waals surface area contributed by atoms with Gasteiger partial charge in [0.05, 0.1) is 23.4 Å². The van der Waals surface area contributed by atoms with Crippen LogP contribution in [0.1, 0.15) is 42.4 Å². The predicted molar refractivity (Wildman–Crippen MR) is 128 cm³/mol. The monoisotopic (exact) mass is 458 g/mol. The zero-order valence-electron chi connectivity index (χ0n) is 19.6. The highest BCUT2D eigenvalue weighted by molar-refractivity contribution is 6.11. The molecule has 1 aliphatic rings. The summed E-state index contributed by atoms with van der Waals surface area (Å²) in [5, 5.41) is 1.80. The first-order valence-electron chi connectivity index (χ1n) is 11.9. The molecule has 1 saturated carbocycles. The Morgan fingerprint density at radius 2 is 1.85 bits per heavy atom. The van der Waals surface area contributed by atoms with Gasteiger partial charge in [0.2, 0.25) is 11.7 Å². The summed E-state index contributed by atoms with van der Waals surface area (Å²) in [6.07, 6.45) is 8.16. The zero-order valence-corrected chi connectivity index (χ0v) is 19.6. The fourth-order valence-electron chi connectivity index (χ4n) is 5.61. The normalized spacial score (nSPS) is 14.7. The maximum atomic E-state index is 14.8. The summed E-state index contributed by atoms with van der Waals surface area (Å²) in [6.45, 7) is 4.03. The molecule has 0 unspecified atom stereocenters. The first kappa shape index (κ1) is 21.1. The van der Waals surface area contributed by atoms with Crippen LogP contribution in [0.5, 0.6) is 0 Å². The molecule has 5 aromatic rings. The fraction of sp³-hybridized carbons (Fsp3) is 0.321.